The van der Waals surface area contributed by atoms with E-state index in [2.05, 4.69) is 6.92 Å². The lowest BCUT2D eigenvalue weighted by Crippen LogP contribution is -2.47. The van der Waals surface area contributed by atoms with E-state index in [0.717, 1.165) is 25.9 Å². The second kappa shape index (κ2) is 4.75. The Labute approximate surface area is 85.2 Å². The van der Waals surface area contributed by atoms with Crippen LogP contribution < -0.4 is 0 Å². The Morgan fingerprint density at radius 1 is 1.36 bits per heavy atom. The van der Waals surface area contributed by atoms with Crippen LogP contribution in [0.5, 0.6) is 0 Å². The number of amides is 1. The molecule has 1 amide bonds. The van der Waals surface area contributed by atoms with E-state index in [-0.39, 0.29) is 18.1 Å². The van der Waals surface area contributed by atoms with Gasteiger partial charge in [-0.2, -0.15) is 0 Å². The third-order valence-electron chi connectivity index (χ3n) is 2.93. The molecule has 0 spiro atoms. The largest absolute Gasteiger partial charge is 0.378 e. The lowest BCUT2D eigenvalue weighted by Gasteiger charge is -2.38. The maximum absolute atomic E-state index is 11.5. The van der Waals surface area contributed by atoms with E-state index < -0.39 is 0 Å². The van der Waals surface area contributed by atoms with Crippen molar-refractivity contribution in [3.8, 4) is 0 Å². The van der Waals surface area contributed by atoms with Crippen LogP contribution in [-0.2, 0) is 14.3 Å². The van der Waals surface area contributed by atoms with Crippen molar-refractivity contribution in [3.63, 3.8) is 0 Å². The Kier molecular flexibility index (Phi) is 3.89. The van der Waals surface area contributed by atoms with Crippen molar-refractivity contribution >= 4 is 5.91 Å². The zero-order chi connectivity index (χ0) is 10.6. The summed E-state index contributed by atoms with van der Waals surface area (Å²) in [5.74, 6) is 0.0747. The number of rotatable bonds is 3. The fourth-order valence-electron chi connectivity index (χ4n) is 1.65. The van der Waals surface area contributed by atoms with Gasteiger partial charge in [0.25, 0.3) is 0 Å². The third-order valence-corrected chi connectivity index (χ3v) is 2.93. The molecule has 0 unspecified atom stereocenters. The Balaban J connectivity index is 2.39. The Morgan fingerprint density at radius 2 is 1.93 bits per heavy atom. The highest BCUT2D eigenvalue weighted by Crippen LogP contribution is 2.24. The van der Waals surface area contributed by atoms with Crippen LogP contribution in [0.4, 0.5) is 0 Å². The first-order valence-electron chi connectivity index (χ1n) is 4.93. The molecule has 4 heteroatoms. The molecule has 0 aromatic rings. The molecule has 82 valence electrons. The van der Waals surface area contributed by atoms with E-state index in [1.54, 1.807) is 14.2 Å². The van der Waals surface area contributed by atoms with Crippen molar-refractivity contribution in [2.75, 3.05) is 33.9 Å². The molecular weight excluding hydrogens is 182 g/mol. The molecule has 1 heterocycles. The first-order chi connectivity index (χ1) is 6.61. The van der Waals surface area contributed by atoms with E-state index in [1.165, 1.54) is 0 Å². The predicted octanol–water partition coefficient (Wildman–Crippen LogP) is 0.660. The maximum atomic E-state index is 11.5. The minimum Gasteiger partial charge on any atom is -0.378 e. The molecule has 0 aromatic heterocycles. The van der Waals surface area contributed by atoms with E-state index in [0.29, 0.717) is 0 Å². The molecular formula is C10H19NO3. The van der Waals surface area contributed by atoms with Crippen LogP contribution in [0.3, 0.4) is 0 Å². The molecule has 4 nitrogen and oxygen atoms in total. The van der Waals surface area contributed by atoms with Crippen molar-refractivity contribution in [2.45, 2.75) is 25.4 Å². The summed E-state index contributed by atoms with van der Waals surface area (Å²) in [5, 5.41) is 0. The number of carbonyl (C=O) groups is 1. The zero-order valence-electron chi connectivity index (χ0n) is 9.21. The average Bonchev–Trinajstić information content (AvgIpc) is 2.19. The Bertz CT molecular complexity index is 198. The van der Waals surface area contributed by atoms with Gasteiger partial charge in [-0.3, -0.25) is 4.79 Å². The number of carbonyl (C=O) groups excluding carboxylic acids is 1. The van der Waals surface area contributed by atoms with Gasteiger partial charge in [0.05, 0.1) is 5.60 Å². The molecule has 1 aliphatic rings. The summed E-state index contributed by atoms with van der Waals surface area (Å²) in [6, 6.07) is 0. The van der Waals surface area contributed by atoms with E-state index in [1.807, 2.05) is 4.90 Å². The predicted molar refractivity (Wildman–Crippen MR) is 53.1 cm³/mol. The second-order valence-corrected chi connectivity index (χ2v) is 3.97. The summed E-state index contributed by atoms with van der Waals surface area (Å²) in [5.41, 5.74) is -0.0517. The van der Waals surface area contributed by atoms with Crippen molar-refractivity contribution in [2.24, 2.45) is 0 Å². The first-order valence-corrected chi connectivity index (χ1v) is 4.93. The number of nitrogens with zero attached hydrogens (tertiary/aromatic N) is 1. The molecule has 14 heavy (non-hydrogen) atoms. The fraction of sp³-hybridized carbons (Fsp3) is 0.900. The SMILES string of the molecule is COCC(=O)N1CCC(C)(OC)CC1. The summed E-state index contributed by atoms with van der Waals surface area (Å²) in [4.78, 5) is 13.3. The van der Waals surface area contributed by atoms with Crippen LogP contribution in [-0.4, -0.2) is 50.3 Å². The molecule has 1 aliphatic heterocycles. The maximum Gasteiger partial charge on any atom is 0.248 e. The van der Waals surface area contributed by atoms with E-state index in [4.69, 9.17) is 9.47 Å². The van der Waals surface area contributed by atoms with Gasteiger partial charge in [0.1, 0.15) is 6.61 Å². The molecule has 0 aromatic carbocycles. The van der Waals surface area contributed by atoms with Crippen LogP contribution in [0.15, 0.2) is 0 Å². The van der Waals surface area contributed by atoms with Gasteiger partial charge < -0.3 is 14.4 Å². The standard InChI is InChI=1S/C10H19NO3/c1-10(14-3)4-6-11(7-5-10)9(12)8-13-2/h4-8H2,1-3H3. The minimum atomic E-state index is -0.0517. The first kappa shape index (κ1) is 11.5. The highest BCUT2D eigenvalue weighted by molar-refractivity contribution is 5.77. The van der Waals surface area contributed by atoms with Crippen LogP contribution >= 0.6 is 0 Å². The number of likely N-dealkylation sites (tertiary alicyclic amines) is 1. The highest BCUT2D eigenvalue weighted by Gasteiger charge is 2.31. The van der Waals surface area contributed by atoms with E-state index in [9.17, 15) is 4.79 Å². The monoisotopic (exact) mass is 201 g/mol. The number of hydrogen-bond donors (Lipinski definition) is 0. The van der Waals surface area contributed by atoms with Gasteiger partial charge in [0.15, 0.2) is 0 Å². The van der Waals surface area contributed by atoms with Crippen LogP contribution in [0.25, 0.3) is 0 Å². The molecule has 0 atom stereocenters. The molecule has 1 rings (SSSR count). The summed E-state index contributed by atoms with van der Waals surface area (Å²) in [7, 11) is 3.27. The van der Waals surface area contributed by atoms with Gasteiger partial charge in [0, 0.05) is 27.3 Å². The number of ether oxygens (including phenoxy) is 2. The molecule has 0 saturated carbocycles. The van der Waals surface area contributed by atoms with Crippen LogP contribution in [0.1, 0.15) is 19.8 Å². The number of methoxy groups -OCH3 is 2. The summed E-state index contributed by atoms with van der Waals surface area (Å²) in [6.45, 7) is 3.81. The van der Waals surface area contributed by atoms with Crippen LogP contribution in [0.2, 0.25) is 0 Å². The normalized spacial score (nSPS) is 20.9. The van der Waals surface area contributed by atoms with Gasteiger partial charge in [-0.15, -0.1) is 0 Å². The molecule has 1 saturated heterocycles. The lowest BCUT2D eigenvalue weighted by atomic mass is 9.93. The van der Waals surface area contributed by atoms with Gasteiger partial charge in [-0.05, 0) is 19.8 Å². The minimum absolute atomic E-state index is 0.0517. The van der Waals surface area contributed by atoms with Gasteiger partial charge >= 0.3 is 0 Å². The molecule has 0 radical (unpaired) electrons. The average molecular weight is 201 g/mol. The third kappa shape index (κ3) is 2.69. The Morgan fingerprint density at radius 3 is 2.36 bits per heavy atom. The van der Waals surface area contributed by atoms with Crippen molar-refractivity contribution in [3.05, 3.63) is 0 Å². The fourth-order valence-corrected chi connectivity index (χ4v) is 1.65. The quantitative estimate of drug-likeness (QED) is 0.673. The van der Waals surface area contributed by atoms with Gasteiger partial charge in [0.2, 0.25) is 5.91 Å². The highest BCUT2D eigenvalue weighted by atomic mass is 16.5. The summed E-state index contributed by atoms with van der Waals surface area (Å²) in [6.07, 6.45) is 1.80. The van der Waals surface area contributed by atoms with Gasteiger partial charge in [-0.25, -0.2) is 0 Å². The Hall–Kier alpha value is -0.610. The van der Waals surface area contributed by atoms with E-state index >= 15 is 0 Å². The number of hydrogen-bond acceptors (Lipinski definition) is 3. The van der Waals surface area contributed by atoms with Crippen molar-refractivity contribution < 1.29 is 14.3 Å². The molecule has 0 bridgehead atoms. The second-order valence-electron chi connectivity index (χ2n) is 3.97. The van der Waals surface area contributed by atoms with Crippen LogP contribution in [0, 0.1) is 0 Å². The van der Waals surface area contributed by atoms with Crippen molar-refractivity contribution in [1.82, 2.24) is 4.90 Å². The molecule has 0 N–H and O–H groups in total. The zero-order valence-corrected chi connectivity index (χ0v) is 9.21. The summed E-state index contributed by atoms with van der Waals surface area (Å²) < 4.78 is 10.2. The van der Waals surface area contributed by atoms with Crippen molar-refractivity contribution in [1.29, 1.82) is 0 Å². The molecule has 1 fully saturated rings. The summed E-state index contributed by atoms with van der Waals surface area (Å²) >= 11 is 0. The molecule has 0 aliphatic carbocycles. The van der Waals surface area contributed by atoms with Gasteiger partial charge in [-0.1, -0.05) is 0 Å². The topological polar surface area (TPSA) is 38.8 Å². The number of piperidine rings is 1. The lowest BCUT2D eigenvalue weighted by molar-refractivity contribution is -0.139. The smallest absolute Gasteiger partial charge is 0.248 e.